The number of likely N-dealkylation sites (tertiary alicyclic amines) is 1. The minimum absolute atomic E-state index is 0.318. The molecule has 1 aliphatic heterocycles. The third-order valence-electron chi connectivity index (χ3n) is 3.21. The van der Waals surface area contributed by atoms with Crippen LogP contribution in [0.1, 0.15) is 18.5 Å². The van der Waals surface area contributed by atoms with Crippen molar-refractivity contribution in [3.63, 3.8) is 0 Å². The molecule has 3 rings (SSSR count). The Bertz CT molecular complexity index is 473. The zero-order valence-corrected chi connectivity index (χ0v) is 9.79. The zero-order chi connectivity index (χ0) is 11.7. The van der Waals surface area contributed by atoms with Gasteiger partial charge in [-0.05, 0) is 25.5 Å². The number of nitrogens with two attached hydrogens (primary N) is 1. The zero-order valence-electron chi connectivity index (χ0n) is 9.79. The lowest BCUT2D eigenvalue weighted by Crippen LogP contribution is -2.42. The van der Waals surface area contributed by atoms with Gasteiger partial charge in [-0.1, -0.05) is 0 Å². The number of rotatable bonds is 2. The Morgan fingerprint density at radius 2 is 2.41 bits per heavy atom. The minimum atomic E-state index is 0.318. The van der Waals surface area contributed by atoms with Gasteiger partial charge >= 0.3 is 0 Å². The Kier molecular flexibility index (Phi) is 2.78. The molecule has 1 saturated heterocycles. The van der Waals surface area contributed by atoms with Gasteiger partial charge in [0.05, 0.1) is 5.69 Å². The summed E-state index contributed by atoms with van der Waals surface area (Å²) in [7, 11) is 0. The number of nitrogens with zero attached hydrogens (tertiary/aromatic N) is 4. The summed E-state index contributed by atoms with van der Waals surface area (Å²) < 4.78 is 1.96. The first-order valence-corrected chi connectivity index (χ1v) is 6.08. The Hall–Kier alpha value is -1.46. The topological polar surface area (TPSA) is 59.5 Å². The summed E-state index contributed by atoms with van der Waals surface area (Å²) in [6, 6.07) is 2.23. The summed E-state index contributed by atoms with van der Waals surface area (Å²) in [4.78, 5) is 11.1. The van der Waals surface area contributed by atoms with E-state index in [1.54, 1.807) is 6.20 Å². The van der Waals surface area contributed by atoms with Crippen molar-refractivity contribution in [3.8, 4) is 0 Å². The maximum absolute atomic E-state index is 5.97. The number of fused-ring (bicyclic) bond motifs is 1. The van der Waals surface area contributed by atoms with E-state index in [0.717, 1.165) is 37.5 Å². The second-order valence-electron chi connectivity index (χ2n) is 4.70. The Morgan fingerprint density at radius 1 is 1.47 bits per heavy atom. The smallest absolute Gasteiger partial charge is 0.233 e. The van der Waals surface area contributed by atoms with Crippen LogP contribution in [0.4, 0.5) is 0 Å². The van der Waals surface area contributed by atoms with Crippen molar-refractivity contribution in [1.29, 1.82) is 0 Å². The largest absolute Gasteiger partial charge is 0.327 e. The van der Waals surface area contributed by atoms with Gasteiger partial charge in [0.25, 0.3) is 0 Å². The molecule has 1 unspecified atom stereocenters. The molecule has 2 aromatic heterocycles. The molecule has 17 heavy (non-hydrogen) atoms. The molecule has 0 spiro atoms. The summed E-state index contributed by atoms with van der Waals surface area (Å²) in [5.74, 6) is 0.767. The molecule has 90 valence electrons. The average molecular weight is 231 g/mol. The highest BCUT2D eigenvalue weighted by Crippen LogP contribution is 2.12. The lowest BCUT2D eigenvalue weighted by atomic mass is 10.1. The first-order valence-electron chi connectivity index (χ1n) is 6.08. The molecule has 0 radical (unpaired) electrons. The molecule has 3 heterocycles. The van der Waals surface area contributed by atoms with Crippen LogP contribution in [0.3, 0.4) is 0 Å². The second-order valence-corrected chi connectivity index (χ2v) is 4.70. The van der Waals surface area contributed by atoms with Gasteiger partial charge < -0.3 is 5.73 Å². The summed E-state index contributed by atoms with van der Waals surface area (Å²) in [6.45, 7) is 2.97. The molecule has 1 fully saturated rings. The molecule has 0 aliphatic carbocycles. The van der Waals surface area contributed by atoms with Crippen molar-refractivity contribution in [2.45, 2.75) is 25.4 Å². The molecule has 1 aliphatic rings. The van der Waals surface area contributed by atoms with Gasteiger partial charge in [-0.2, -0.15) is 0 Å². The lowest BCUT2D eigenvalue weighted by Gasteiger charge is -2.29. The van der Waals surface area contributed by atoms with E-state index in [1.165, 1.54) is 6.42 Å². The molecule has 5 nitrogen and oxygen atoms in total. The Balaban J connectivity index is 1.75. The van der Waals surface area contributed by atoms with Gasteiger partial charge in [-0.3, -0.25) is 9.30 Å². The molecule has 0 amide bonds. The average Bonchev–Trinajstić information content (AvgIpc) is 2.71. The number of hydrogen-bond donors (Lipinski definition) is 1. The van der Waals surface area contributed by atoms with Crippen LogP contribution in [0.5, 0.6) is 0 Å². The number of hydrogen-bond acceptors (Lipinski definition) is 4. The van der Waals surface area contributed by atoms with Crippen molar-refractivity contribution in [1.82, 2.24) is 19.3 Å². The van der Waals surface area contributed by atoms with E-state index in [0.29, 0.717) is 6.04 Å². The monoisotopic (exact) mass is 231 g/mol. The Morgan fingerprint density at radius 3 is 3.24 bits per heavy atom. The van der Waals surface area contributed by atoms with Crippen molar-refractivity contribution in [2.24, 2.45) is 5.73 Å². The van der Waals surface area contributed by atoms with Crippen molar-refractivity contribution in [2.75, 3.05) is 13.1 Å². The summed E-state index contributed by atoms with van der Waals surface area (Å²) in [6.07, 6.45) is 8.11. The van der Waals surface area contributed by atoms with Crippen LogP contribution in [-0.4, -0.2) is 38.4 Å². The third-order valence-corrected chi connectivity index (χ3v) is 3.21. The maximum atomic E-state index is 5.97. The Labute approximate surface area is 100 Å². The van der Waals surface area contributed by atoms with E-state index in [2.05, 4.69) is 14.9 Å². The number of aromatic nitrogens is 3. The van der Waals surface area contributed by atoms with E-state index >= 15 is 0 Å². The van der Waals surface area contributed by atoms with Gasteiger partial charge in [0.1, 0.15) is 0 Å². The van der Waals surface area contributed by atoms with Gasteiger partial charge in [0.2, 0.25) is 5.78 Å². The highest BCUT2D eigenvalue weighted by molar-refractivity contribution is 5.29. The van der Waals surface area contributed by atoms with Gasteiger partial charge in [-0.25, -0.2) is 9.97 Å². The van der Waals surface area contributed by atoms with Crippen LogP contribution < -0.4 is 5.73 Å². The van der Waals surface area contributed by atoms with E-state index in [9.17, 15) is 0 Å². The summed E-state index contributed by atoms with van der Waals surface area (Å²) in [5.41, 5.74) is 7.04. The number of piperidine rings is 1. The normalized spacial score (nSPS) is 22.1. The van der Waals surface area contributed by atoms with Gasteiger partial charge in [-0.15, -0.1) is 0 Å². The predicted molar refractivity (Wildman–Crippen MR) is 65.5 cm³/mol. The van der Waals surface area contributed by atoms with E-state index in [-0.39, 0.29) is 0 Å². The summed E-state index contributed by atoms with van der Waals surface area (Å²) >= 11 is 0. The van der Waals surface area contributed by atoms with Gasteiger partial charge in [0, 0.05) is 37.7 Å². The van der Waals surface area contributed by atoms with Crippen LogP contribution in [0, 0.1) is 0 Å². The van der Waals surface area contributed by atoms with Crippen molar-refractivity contribution < 1.29 is 0 Å². The molecule has 2 N–H and O–H groups in total. The van der Waals surface area contributed by atoms with Crippen LogP contribution in [0.2, 0.25) is 0 Å². The highest BCUT2D eigenvalue weighted by atomic mass is 15.2. The molecule has 0 saturated carbocycles. The molecule has 0 aromatic carbocycles. The molecular formula is C12H17N5. The van der Waals surface area contributed by atoms with Crippen LogP contribution >= 0.6 is 0 Å². The van der Waals surface area contributed by atoms with Crippen molar-refractivity contribution >= 4 is 5.78 Å². The molecular weight excluding hydrogens is 214 g/mol. The van der Waals surface area contributed by atoms with E-state index in [1.807, 2.05) is 22.9 Å². The SMILES string of the molecule is NC1CCCN(Cc2cn3cccnc3n2)C1. The fourth-order valence-electron chi connectivity index (χ4n) is 2.42. The number of imidazole rings is 1. The standard InChI is InChI=1S/C12H17N5/c13-10-3-1-5-16(7-10)8-11-9-17-6-2-4-14-12(17)15-11/h2,4,6,9-10H,1,3,5,7-8,13H2. The fourth-order valence-corrected chi connectivity index (χ4v) is 2.42. The molecule has 0 bridgehead atoms. The van der Waals surface area contributed by atoms with Crippen LogP contribution in [0.25, 0.3) is 5.78 Å². The van der Waals surface area contributed by atoms with Crippen molar-refractivity contribution in [3.05, 3.63) is 30.4 Å². The fraction of sp³-hybridized carbons (Fsp3) is 0.500. The van der Waals surface area contributed by atoms with E-state index in [4.69, 9.17) is 5.73 Å². The maximum Gasteiger partial charge on any atom is 0.233 e. The summed E-state index contributed by atoms with van der Waals surface area (Å²) in [5, 5.41) is 0. The third kappa shape index (κ3) is 2.30. The van der Waals surface area contributed by atoms with Crippen LogP contribution in [0.15, 0.2) is 24.7 Å². The predicted octanol–water partition coefficient (Wildman–Crippen LogP) is 0.652. The highest BCUT2D eigenvalue weighted by Gasteiger charge is 2.17. The lowest BCUT2D eigenvalue weighted by molar-refractivity contribution is 0.200. The molecule has 2 aromatic rings. The van der Waals surface area contributed by atoms with Crippen LogP contribution in [-0.2, 0) is 6.54 Å². The minimum Gasteiger partial charge on any atom is -0.327 e. The first kappa shape index (κ1) is 10.7. The second kappa shape index (κ2) is 4.43. The van der Waals surface area contributed by atoms with E-state index < -0.39 is 0 Å². The quantitative estimate of drug-likeness (QED) is 0.824. The molecule has 1 atom stereocenters. The van der Waals surface area contributed by atoms with Gasteiger partial charge in [0.15, 0.2) is 0 Å². The molecule has 5 heteroatoms. The first-order chi connectivity index (χ1) is 8.31.